The summed E-state index contributed by atoms with van der Waals surface area (Å²) in [5.41, 5.74) is 1.05. The largest absolute Gasteiger partial charge is 0.362 e. The third kappa shape index (κ3) is 3.24. The standard InChI is InChI=1S/C9H11N.C2H6/c1-7(2)6-9-4-5-10-8(9)3;1-2/h4-6,10H,1,3H2,2H3;1-2H3/b9-6-;. The number of aromatic amines is 1. The summed E-state index contributed by atoms with van der Waals surface area (Å²) in [6.45, 7) is 13.5. The maximum absolute atomic E-state index is 3.81. The van der Waals surface area contributed by atoms with Crippen LogP contribution in [-0.2, 0) is 0 Å². The zero-order valence-electron chi connectivity index (χ0n) is 8.15. The molecular weight excluding hydrogens is 146 g/mol. The Kier molecular flexibility index (Phi) is 4.86. The van der Waals surface area contributed by atoms with Crippen LogP contribution in [-0.4, -0.2) is 4.98 Å². The summed E-state index contributed by atoms with van der Waals surface area (Å²) in [5, 5.41) is 2.07. The first-order valence-corrected chi connectivity index (χ1v) is 4.20. The molecule has 0 amide bonds. The molecule has 0 aliphatic carbocycles. The van der Waals surface area contributed by atoms with Crippen LogP contribution in [0.3, 0.4) is 0 Å². The summed E-state index contributed by atoms with van der Waals surface area (Å²) in [6, 6.07) is 1.98. The van der Waals surface area contributed by atoms with Crippen LogP contribution in [0, 0.1) is 0 Å². The summed E-state index contributed by atoms with van der Waals surface area (Å²) in [7, 11) is 0. The fourth-order valence-corrected chi connectivity index (χ4v) is 0.817. The Morgan fingerprint density at radius 2 is 2.08 bits per heavy atom. The molecule has 0 unspecified atom stereocenters. The lowest BCUT2D eigenvalue weighted by Crippen LogP contribution is -2.19. The van der Waals surface area contributed by atoms with Crippen molar-refractivity contribution in [1.82, 2.24) is 4.98 Å². The van der Waals surface area contributed by atoms with E-state index in [1.54, 1.807) is 0 Å². The van der Waals surface area contributed by atoms with Crippen molar-refractivity contribution < 1.29 is 0 Å². The molecule has 1 nitrogen and oxygen atoms in total. The van der Waals surface area contributed by atoms with E-state index in [1.807, 2.05) is 39.1 Å². The van der Waals surface area contributed by atoms with Gasteiger partial charge in [0.25, 0.3) is 0 Å². The van der Waals surface area contributed by atoms with Gasteiger partial charge in [0, 0.05) is 11.5 Å². The van der Waals surface area contributed by atoms with E-state index in [1.165, 1.54) is 0 Å². The molecule has 1 aromatic heterocycles. The molecule has 0 bridgehead atoms. The minimum atomic E-state index is 0.947. The molecule has 0 atom stereocenters. The van der Waals surface area contributed by atoms with Crippen molar-refractivity contribution in [3.8, 4) is 0 Å². The number of allylic oxidation sites excluding steroid dienone is 1. The van der Waals surface area contributed by atoms with Gasteiger partial charge in [-0.25, -0.2) is 0 Å². The van der Waals surface area contributed by atoms with E-state index in [2.05, 4.69) is 18.1 Å². The summed E-state index contributed by atoms with van der Waals surface area (Å²) in [4.78, 5) is 2.99. The third-order valence-electron chi connectivity index (χ3n) is 1.27. The molecule has 1 heterocycles. The Bertz CT molecular complexity index is 330. The zero-order valence-corrected chi connectivity index (χ0v) is 8.15. The fourth-order valence-electron chi connectivity index (χ4n) is 0.817. The van der Waals surface area contributed by atoms with Crippen LogP contribution >= 0.6 is 0 Å². The van der Waals surface area contributed by atoms with Gasteiger partial charge in [-0.05, 0) is 18.2 Å². The van der Waals surface area contributed by atoms with Crippen molar-refractivity contribution in [2.24, 2.45) is 0 Å². The molecule has 12 heavy (non-hydrogen) atoms. The average molecular weight is 163 g/mol. The van der Waals surface area contributed by atoms with E-state index < -0.39 is 0 Å². The first-order valence-electron chi connectivity index (χ1n) is 4.20. The second kappa shape index (κ2) is 5.42. The van der Waals surface area contributed by atoms with Gasteiger partial charge in [0.05, 0.1) is 0 Å². The van der Waals surface area contributed by atoms with Gasteiger partial charge in [-0.1, -0.05) is 38.7 Å². The molecule has 0 saturated carbocycles. The fraction of sp³-hybridized carbons (Fsp3) is 0.273. The Morgan fingerprint density at radius 3 is 2.42 bits per heavy atom. The Hall–Kier alpha value is -1.24. The van der Waals surface area contributed by atoms with Crippen molar-refractivity contribution in [3.05, 3.63) is 35.0 Å². The number of hydrogen-bond acceptors (Lipinski definition) is 0. The highest BCUT2D eigenvalue weighted by Crippen LogP contribution is 1.84. The second-order valence-corrected chi connectivity index (χ2v) is 2.40. The molecule has 0 fully saturated rings. The van der Waals surface area contributed by atoms with Gasteiger partial charge in [0.15, 0.2) is 0 Å². The number of rotatable bonds is 1. The number of nitrogens with one attached hydrogen (secondary N) is 1. The summed E-state index contributed by atoms with van der Waals surface area (Å²) >= 11 is 0. The monoisotopic (exact) mass is 163 g/mol. The van der Waals surface area contributed by atoms with Gasteiger partial charge in [-0.3, -0.25) is 0 Å². The van der Waals surface area contributed by atoms with E-state index in [0.29, 0.717) is 0 Å². The molecule has 0 aliphatic rings. The normalized spacial score (nSPS) is 10.4. The summed E-state index contributed by atoms with van der Waals surface area (Å²) < 4.78 is 0. The highest BCUT2D eigenvalue weighted by atomic mass is 14.6. The topological polar surface area (TPSA) is 15.8 Å². The van der Waals surface area contributed by atoms with Crippen LogP contribution in [0.4, 0.5) is 0 Å². The van der Waals surface area contributed by atoms with Gasteiger partial charge in [0.1, 0.15) is 0 Å². The summed E-state index contributed by atoms with van der Waals surface area (Å²) in [5.74, 6) is 0. The average Bonchev–Trinajstić information content (AvgIpc) is 2.40. The van der Waals surface area contributed by atoms with E-state index in [-0.39, 0.29) is 0 Å². The smallest absolute Gasteiger partial charge is 0.0380 e. The first-order chi connectivity index (χ1) is 5.70. The SMILES string of the molecule is C=C(C)/C=c1/cc[nH]c1=C.CC. The van der Waals surface area contributed by atoms with Gasteiger partial charge in [-0.15, -0.1) is 0 Å². The van der Waals surface area contributed by atoms with E-state index >= 15 is 0 Å². The van der Waals surface area contributed by atoms with Crippen molar-refractivity contribution in [1.29, 1.82) is 0 Å². The van der Waals surface area contributed by atoms with Crippen LogP contribution < -0.4 is 10.6 Å². The molecule has 0 radical (unpaired) electrons. The van der Waals surface area contributed by atoms with Gasteiger partial charge in [0.2, 0.25) is 0 Å². The van der Waals surface area contributed by atoms with Crippen LogP contribution in [0.25, 0.3) is 12.7 Å². The second-order valence-electron chi connectivity index (χ2n) is 2.40. The lowest BCUT2D eigenvalue weighted by molar-refractivity contribution is 1.32. The lowest BCUT2D eigenvalue weighted by Gasteiger charge is -1.80. The van der Waals surface area contributed by atoms with E-state index in [0.717, 1.165) is 16.1 Å². The van der Waals surface area contributed by atoms with Crippen molar-refractivity contribution >= 4 is 12.7 Å². The lowest BCUT2D eigenvalue weighted by atomic mass is 10.3. The predicted octanol–water partition coefficient (Wildman–Crippen LogP) is 1.81. The predicted molar refractivity (Wildman–Crippen MR) is 56.2 cm³/mol. The highest BCUT2D eigenvalue weighted by molar-refractivity contribution is 5.42. The molecule has 66 valence electrons. The maximum Gasteiger partial charge on any atom is 0.0380 e. The third-order valence-corrected chi connectivity index (χ3v) is 1.27. The van der Waals surface area contributed by atoms with Gasteiger partial charge in [-0.2, -0.15) is 0 Å². The Morgan fingerprint density at radius 1 is 1.50 bits per heavy atom. The molecule has 0 saturated heterocycles. The number of aromatic nitrogens is 1. The molecular formula is C11H17N. The quantitative estimate of drug-likeness (QED) is 0.650. The minimum absolute atomic E-state index is 0.947. The van der Waals surface area contributed by atoms with Gasteiger partial charge < -0.3 is 4.98 Å². The van der Waals surface area contributed by atoms with Crippen molar-refractivity contribution in [2.45, 2.75) is 20.8 Å². The minimum Gasteiger partial charge on any atom is -0.362 e. The summed E-state index contributed by atoms with van der Waals surface area (Å²) in [6.07, 6.45) is 3.87. The number of hydrogen-bond donors (Lipinski definition) is 1. The van der Waals surface area contributed by atoms with E-state index in [4.69, 9.17) is 0 Å². The van der Waals surface area contributed by atoms with Crippen LogP contribution in [0.2, 0.25) is 0 Å². The molecule has 1 rings (SSSR count). The van der Waals surface area contributed by atoms with Gasteiger partial charge >= 0.3 is 0 Å². The molecule has 1 aromatic rings. The zero-order chi connectivity index (χ0) is 9.56. The van der Waals surface area contributed by atoms with Crippen LogP contribution in [0.15, 0.2) is 24.4 Å². The van der Waals surface area contributed by atoms with Crippen molar-refractivity contribution in [2.75, 3.05) is 0 Å². The Balaban J connectivity index is 0.000000561. The first kappa shape index (κ1) is 10.8. The molecule has 1 N–H and O–H groups in total. The molecule has 0 spiro atoms. The molecule has 0 aromatic carbocycles. The van der Waals surface area contributed by atoms with Crippen molar-refractivity contribution in [3.63, 3.8) is 0 Å². The maximum atomic E-state index is 3.81. The van der Waals surface area contributed by atoms with Crippen LogP contribution in [0.1, 0.15) is 20.8 Å². The Labute approximate surface area is 74.1 Å². The van der Waals surface area contributed by atoms with Crippen LogP contribution in [0.5, 0.6) is 0 Å². The van der Waals surface area contributed by atoms with E-state index in [9.17, 15) is 0 Å². The molecule has 0 aliphatic heterocycles. The highest BCUT2D eigenvalue weighted by Gasteiger charge is 1.80. The number of H-pyrrole nitrogens is 1. The molecule has 1 heteroatoms.